The summed E-state index contributed by atoms with van der Waals surface area (Å²) < 4.78 is 10.6. The van der Waals surface area contributed by atoms with E-state index in [1.165, 1.54) is 0 Å². The van der Waals surface area contributed by atoms with Crippen LogP contribution in [0.5, 0.6) is 0 Å². The number of carbonyl (C=O) groups is 1. The quantitative estimate of drug-likeness (QED) is 0.898. The molecule has 1 aliphatic heterocycles. The summed E-state index contributed by atoms with van der Waals surface area (Å²) in [6, 6.07) is 8.10. The minimum atomic E-state index is -0.536. The second-order valence-electron chi connectivity index (χ2n) is 6.96. The first kappa shape index (κ1) is 17.3. The standard InChI is InChI=1S/C18H24N2O3/c1-13-11-14(20-16(21)23-17(2,3)4)5-6-15(13)18(12-19)7-9-22-10-8-18/h5-6,11H,7-10H2,1-4H3,(H,20,21). The van der Waals surface area contributed by atoms with E-state index >= 15 is 0 Å². The van der Waals surface area contributed by atoms with Crippen LogP contribution in [0.1, 0.15) is 44.7 Å². The highest BCUT2D eigenvalue weighted by Gasteiger charge is 2.35. The molecule has 1 saturated heterocycles. The van der Waals surface area contributed by atoms with Crippen LogP contribution in [0.3, 0.4) is 0 Å². The lowest BCUT2D eigenvalue weighted by Gasteiger charge is -2.32. The molecule has 5 nitrogen and oxygen atoms in total. The van der Waals surface area contributed by atoms with Crippen molar-refractivity contribution in [2.75, 3.05) is 18.5 Å². The van der Waals surface area contributed by atoms with Crippen LogP contribution in [0, 0.1) is 18.3 Å². The molecule has 1 aromatic rings. The summed E-state index contributed by atoms with van der Waals surface area (Å²) >= 11 is 0. The van der Waals surface area contributed by atoms with E-state index in [0.29, 0.717) is 31.7 Å². The SMILES string of the molecule is Cc1cc(NC(=O)OC(C)(C)C)ccc1C1(C#N)CCOCC1. The number of nitrogens with zero attached hydrogens (tertiary/aromatic N) is 1. The van der Waals surface area contributed by atoms with Gasteiger partial charge in [0.25, 0.3) is 0 Å². The van der Waals surface area contributed by atoms with Crippen LogP contribution in [0.4, 0.5) is 10.5 Å². The molecule has 0 bridgehead atoms. The average molecular weight is 316 g/mol. The lowest BCUT2D eigenvalue weighted by molar-refractivity contribution is 0.0636. The number of hydrogen-bond donors (Lipinski definition) is 1. The van der Waals surface area contributed by atoms with Crippen LogP contribution >= 0.6 is 0 Å². The molecule has 124 valence electrons. The number of ether oxygens (including phenoxy) is 2. The van der Waals surface area contributed by atoms with Crippen LogP contribution < -0.4 is 5.32 Å². The summed E-state index contributed by atoms with van der Waals surface area (Å²) in [4.78, 5) is 11.8. The van der Waals surface area contributed by atoms with Gasteiger partial charge in [-0.25, -0.2) is 4.79 Å². The van der Waals surface area contributed by atoms with Crippen LogP contribution in [-0.2, 0) is 14.9 Å². The summed E-state index contributed by atoms with van der Waals surface area (Å²) in [5.41, 5.74) is 1.64. The molecule has 2 rings (SSSR count). The van der Waals surface area contributed by atoms with Crippen molar-refractivity contribution in [2.24, 2.45) is 0 Å². The highest BCUT2D eigenvalue weighted by atomic mass is 16.6. The Bertz CT molecular complexity index is 620. The number of carbonyl (C=O) groups excluding carboxylic acids is 1. The second-order valence-corrected chi connectivity index (χ2v) is 6.96. The van der Waals surface area contributed by atoms with E-state index in [9.17, 15) is 10.1 Å². The first-order valence-corrected chi connectivity index (χ1v) is 7.86. The number of amides is 1. The van der Waals surface area contributed by atoms with Gasteiger partial charge in [0.05, 0.1) is 11.5 Å². The molecule has 0 aliphatic carbocycles. The van der Waals surface area contributed by atoms with Gasteiger partial charge < -0.3 is 9.47 Å². The van der Waals surface area contributed by atoms with Crippen molar-refractivity contribution in [1.82, 2.24) is 0 Å². The number of hydrogen-bond acceptors (Lipinski definition) is 4. The summed E-state index contributed by atoms with van der Waals surface area (Å²) in [5, 5.41) is 12.4. The van der Waals surface area contributed by atoms with E-state index in [0.717, 1.165) is 11.1 Å². The van der Waals surface area contributed by atoms with E-state index in [-0.39, 0.29) is 0 Å². The molecule has 0 unspecified atom stereocenters. The summed E-state index contributed by atoms with van der Waals surface area (Å²) in [6.45, 7) is 8.63. The Labute approximate surface area is 137 Å². The van der Waals surface area contributed by atoms with E-state index < -0.39 is 17.1 Å². The molecule has 1 heterocycles. The van der Waals surface area contributed by atoms with Gasteiger partial charge in [-0.05, 0) is 63.8 Å². The summed E-state index contributed by atoms with van der Waals surface area (Å²) in [6.07, 6.45) is 0.914. The molecule has 0 atom stereocenters. The van der Waals surface area contributed by atoms with Crippen LogP contribution in [0.2, 0.25) is 0 Å². The van der Waals surface area contributed by atoms with Crippen molar-refractivity contribution >= 4 is 11.8 Å². The second kappa shape index (κ2) is 6.59. The predicted octanol–water partition coefficient (Wildman–Crippen LogP) is 3.91. The van der Waals surface area contributed by atoms with E-state index in [2.05, 4.69) is 11.4 Å². The summed E-state index contributed by atoms with van der Waals surface area (Å²) in [5.74, 6) is 0. The largest absolute Gasteiger partial charge is 0.444 e. The molecule has 5 heteroatoms. The number of nitriles is 1. The molecule has 1 aliphatic rings. The van der Waals surface area contributed by atoms with Crippen LogP contribution in [0.15, 0.2) is 18.2 Å². The zero-order valence-electron chi connectivity index (χ0n) is 14.2. The Morgan fingerprint density at radius 1 is 1.35 bits per heavy atom. The van der Waals surface area contributed by atoms with E-state index in [1.54, 1.807) is 0 Å². The fourth-order valence-electron chi connectivity index (χ4n) is 2.86. The fraction of sp³-hybridized carbons (Fsp3) is 0.556. The van der Waals surface area contributed by atoms with Gasteiger partial charge in [0.15, 0.2) is 0 Å². The normalized spacial score (nSPS) is 17.2. The molecule has 0 radical (unpaired) electrons. The van der Waals surface area contributed by atoms with Crippen molar-refractivity contribution in [3.05, 3.63) is 29.3 Å². The molecule has 0 saturated carbocycles. The molecule has 1 amide bonds. The molecule has 1 fully saturated rings. The van der Waals surface area contributed by atoms with Gasteiger partial charge in [-0.15, -0.1) is 0 Å². The zero-order valence-corrected chi connectivity index (χ0v) is 14.2. The first-order valence-electron chi connectivity index (χ1n) is 7.86. The third kappa shape index (κ3) is 4.23. The van der Waals surface area contributed by atoms with Gasteiger partial charge in [-0.2, -0.15) is 5.26 Å². The highest BCUT2D eigenvalue weighted by molar-refractivity contribution is 5.85. The van der Waals surface area contributed by atoms with Crippen molar-refractivity contribution in [3.63, 3.8) is 0 Å². The Kier molecular flexibility index (Phi) is 4.96. The Balaban J connectivity index is 2.18. The van der Waals surface area contributed by atoms with Gasteiger partial charge in [0.2, 0.25) is 0 Å². The van der Waals surface area contributed by atoms with Gasteiger partial charge in [0.1, 0.15) is 5.60 Å². The van der Waals surface area contributed by atoms with Crippen molar-refractivity contribution in [3.8, 4) is 6.07 Å². The predicted molar refractivity (Wildman–Crippen MR) is 88.4 cm³/mol. The number of anilines is 1. The number of nitrogens with one attached hydrogen (secondary N) is 1. The monoisotopic (exact) mass is 316 g/mol. The topological polar surface area (TPSA) is 71.3 Å². The van der Waals surface area contributed by atoms with E-state index in [1.807, 2.05) is 45.9 Å². The molecule has 0 aromatic heterocycles. The maximum Gasteiger partial charge on any atom is 0.412 e. The first-order chi connectivity index (χ1) is 10.8. The number of aryl methyl sites for hydroxylation is 1. The highest BCUT2D eigenvalue weighted by Crippen LogP contribution is 2.36. The Morgan fingerprint density at radius 3 is 2.52 bits per heavy atom. The fourth-order valence-corrected chi connectivity index (χ4v) is 2.86. The minimum absolute atomic E-state index is 0.481. The van der Waals surface area contributed by atoms with Gasteiger partial charge in [-0.1, -0.05) is 6.07 Å². The minimum Gasteiger partial charge on any atom is -0.444 e. The third-order valence-electron chi connectivity index (χ3n) is 3.95. The molecular formula is C18H24N2O3. The van der Waals surface area contributed by atoms with Crippen molar-refractivity contribution in [2.45, 2.75) is 51.6 Å². The molecular weight excluding hydrogens is 292 g/mol. The van der Waals surface area contributed by atoms with Crippen molar-refractivity contribution < 1.29 is 14.3 Å². The van der Waals surface area contributed by atoms with Crippen LogP contribution in [-0.4, -0.2) is 24.9 Å². The molecule has 1 aromatic carbocycles. The smallest absolute Gasteiger partial charge is 0.412 e. The number of rotatable bonds is 2. The molecule has 23 heavy (non-hydrogen) atoms. The lowest BCUT2D eigenvalue weighted by Crippen LogP contribution is -2.33. The maximum absolute atomic E-state index is 11.8. The average Bonchev–Trinajstić information content (AvgIpc) is 2.46. The number of benzene rings is 1. The molecule has 1 N–H and O–H groups in total. The summed E-state index contributed by atoms with van der Waals surface area (Å²) in [7, 11) is 0. The van der Waals surface area contributed by atoms with Crippen molar-refractivity contribution in [1.29, 1.82) is 5.26 Å². The van der Waals surface area contributed by atoms with Gasteiger partial charge in [0, 0.05) is 18.9 Å². The zero-order chi connectivity index (χ0) is 17.1. The van der Waals surface area contributed by atoms with E-state index in [4.69, 9.17) is 9.47 Å². The van der Waals surface area contributed by atoms with Gasteiger partial charge >= 0.3 is 6.09 Å². The third-order valence-corrected chi connectivity index (χ3v) is 3.95. The molecule has 0 spiro atoms. The Hall–Kier alpha value is -2.06. The maximum atomic E-state index is 11.8. The van der Waals surface area contributed by atoms with Crippen LogP contribution in [0.25, 0.3) is 0 Å². The van der Waals surface area contributed by atoms with Gasteiger partial charge in [-0.3, -0.25) is 5.32 Å². The Morgan fingerprint density at radius 2 is 2.00 bits per heavy atom. The lowest BCUT2D eigenvalue weighted by atomic mass is 9.74.